The number of alkyl halides is 3. The first-order chi connectivity index (χ1) is 10.9. The van der Waals surface area contributed by atoms with E-state index in [1.807, 2.05) is 0 Å². The Morgan fingerprint density at radius 1 is 1.38 bits per heavy atom. The third-order valence-electron chi connectivity index (χ3n) is 3.81. The second-order valence-electron chi connectivity index (χ2n) is 5.70. The third kappa shape index (κ3) is 5.32. The van der Waals surface area contributed by atoms with E-state index in [-0.39, 0.29) is 12.0 Å². The summed E-state index contributed by atoms with van der Waals surface area (Å²) in [7, 11) is -3.50. The molecule has 2 unspecified atom stereocenters. The van der Waals surface area contributed by atoms with Gasteiger partial charge in [0.1, 0.15) is 6.04 Å². The highest BCUT2D eigenvalue weighted by atomic mass is 32.2. The molecule has 0 saturated heterocycles. The summed E-state index contributed by atoms with van der Waals surface area (Å²) in [5.41, 5.74) is 1.74. The van der Waals surface area contributed by atoms with Gasteiger partial charge in [0, 0.05) is 27.7 Å². The number of carboxylic acids is 1. The Morgan fingerprint density at radius 2 is 2.00 bits per heavy atom. The van der Waals surface area contributed by atoms with Gasteiger partial charge >= 0.3 is 12.1 Å². The predicted molar refractivity (Wildman–Crippen MR) is 82.9 cm³/mol. The maximum absolute atomic E-state index is 13.3. The average molecular weight is 370 g/mol. The number of hydrogen-bond donors (Lipinski definition) is 4. The molecule has 0 amide bonds. The summed E-state index contributed by atoms with van der Waals surface area (Å²) in [4.78, 5) is 10.6. The summed E-state index contributed by atoms with van der Waals surface area (Å²) in [6.45, 7) is 0. The first-order valence-corrected chi connectivity index (χ1v) is 9.17. The van der Waals surface area contributed by atoms with E-state index < -0.39 is 51.4 Å². The first kappa shape index (κ1) is 20.7. The molecule has 138 valence electrons. The van der Waals surface area contributed by atoms with Crippen molar-refractivity contribution in [3.8, 4) is 0 Å². The molecule has 0 radical (unpaired) electrons. The Kier molecular flexibility index (Phi) is 6.59. The first-order valence-electron chi connectivity index (χ1n) is 7.28. The number of aliphatic carboxylic acids is 1. The van der Waals surface area contributed by atoms with Crippen LogP contribution in [0.3, 0.4) is 0 Å². The lowest BCUT2D eigenvalue weighted by atomic mass is 9.87. The van der Waals surface area contributed by atoms with Crippen LogP contribution in [0.4, 0.5) is 13.2 Å². The predicted octanol–water partition coefficient (Wildman–Crippen LogP) is 1.80. The molecule has 10 heteroatoms. The summed E-state index contributed by atoms with van der Waals surface area (Å²) in [6, 6.07) is -1.33. The lowest BCUT2D eigenvalue weighted by Gasteiger charge is -2.33. The minimum absolute atomic E-state index is 0.287. The van der Waals surface area contributed by atoms with Crippen molar-refractivity contribution >= 4 is 15.7 Å². The highest BCUT2D eigenvalue weighted by Crippen LogP contribution is 2.41. The van der Waals surface area contributed by atoms with Gasteiger partial charge in [-0.2, -0.15) is 13.2 Å². The zero-order chi connectivity index (χ0) is 18.6. The molecule has 0 aromatic rings. The van der Waals surface area contributed by atoms with Crippen molar-refractivity contribution in [3.05, 3.63) is 23.8 Å². The fourth-order valence-corrected chi connectivity index (χ4v) is 3.69. The van der Waals surface area contributed by atoms with Crippen LogP contribution >= 0.6 is 0 Å². The van der Waals surface area contributed by atoms with Crippen LogP contribution in [0.25, 0.3) is 0 Å². The molecule has 24 heavy (non-hydrogen) atoms. The smallest absolute Gasteiger partial charge is 0.421 e. The number of nitrogens with two attached hydrogens (primary N) is 1. The van der Waals surface area contributed by atoms with Gasteiger partial charge in [-0.3, -0.25) is 9.57 Å². The van der Waals surface area contributed by atoms with E-state index >= 15 is 0 Å². The molecule has 1 aliphatic carbocycles. The van der Waals surface area contributed by atoms with Gasteiger partial charge in [0.2, 0.25) is 0 Å². The molecule has 0 aliphatic heterocycles. The number of rotatable bonds is 8. The van der Waals surface area contributed by atoms with Gasteiger partial charge in [-0.05, 0) is 24.8 Å². The van der Waals surface area contributed by atoms with Crippen molar-refractivity contribution in [2.24, 2.45) is 5.73 Å². The van der Waals surface area contributed by atoms with E-state index in [9.17, 15) is 27.3 Å². The zero-order valence-electron chi connectivity index (χ0n) is 12.9. The molecule has 6 nitrogen and oxygen atoms in total. The number of nitrogens with one attached hydrogen (secondary N) is 1. The highest BCUT2D eigenvalue weighted by molar-refractivity contribution is 7.92. The van der Waals surface area contributed by atoms with Gasteiger partial charge in [0.15, 0.2) is 5.60 Å². The van der Waals surface area contributed by atoms with E-state index in [4.69, 9.17) is 15.6 Å². The number of hydrogen-bond acceptors (Lipinski definition) is 5. The molecule has 3 atom stereocenters. The van der Waals surface area contributed by atoms with E-state index in [0.717, 1.165) is 0 Å². The maximum atomic E-state index is 13.3. The summed E-state index contributed by atoms with van der Waals surface area (Å²) >= 11 is 0. The molecule has 5 N–H and O–H groups in total. The quantitative estimate of drug-likeness (QED) is 0.518. The van der Waals surface area contributed by atoms with Crippen molar-refractivity contribution < 1.29 is 32.4 Å². The second kappa shape index (κ2) is 7.66. The van der Waals surface area contributed by atoms with Gasteiger partial charge in [0.25, 0.3) is 0 Å². The topological polar surface area (TPSA) is 124 Å². The van der Waals surface area contributed by atoms with E-state index in [0.29, 0.717) is 12.8 Å². The number of carboxylic acid groups (broad SMARTS) is 1. The Labute approximate surface area is 138 Å². The second-order valence-corrected chi connectivity index (χ2v) is 8.14. The number of carbonyl (C=O) groups is 1. The minimum Gasteiger partial charge on any atom is -0.480 e. The number of halogens is 3. The van der Waals surface area contributed by atoms with Gasteiger partial charge in [-0.1, -0.05) is 18.2 Å². The van der Waals surface area contributed by atoms with Crippen LogP contribution in [0.1, 0.15) is 25.7 Å². The van der Waals surface area contributed by atoms with Gasteiger partial charge in [-0.25, -0.2) is 4.21 Å². The number of aliphatic hydroxyl groups is 1. The summed E-state index contributed by atoms with van der Waals surface area (Å²) in [5.74, 6) is -2.49. The van der Waals surface area contributed by atoms with Gasteiger partial charge in [-0.15, -0.1) is 0 Å². The zero-order valence-corrected chi connectivity index (χ0v) is 13.7. The standard InChI is InChI=1S/C14H21F3N2O4S/c15-14(16,17)13(22,10-4-2-1-3-5-10)7-9-24(19,23)8-6-11(18)12(20)21/h2,4-5,11,19,22H,1,3,6-9,18H2,(H,20,21)/t11-,13?,24?/m0/s1. The lowest BCUT2D eigenvalue weighted by molar-refractivity contribution is -0.243. The Morgan fingerprint density at radius 3 is 2.46 bits per heavy atom. The van der Waals surface area contributed by atoms with Crippen molar-refractivity contribution in [2.75, 3.05) is 11.5 Å². The molecule has 0 aromatic heterocycles. The van der Waals surface area contributed by atoms with Crippen LogP contribution in [0.2, 0.25) is 0 Å². The molecule has 0 heterocycles. The van der Waals surface area contributed by atoms with Crippen molar-refractivity contribution in [1.29, 1.82) is 4.78 Å². The molecule has 0 aromatic carbocycles. The summed E-state index contributed by atoms with van der Waals surface area (Å²) in [5, 5.41) is 18.8. The van der Waals surface area contributed by atoms with E-state index in [1.54, 1.807) is 0 Å². The Hall–Kier alpha value is -1.39. The average Bonchev–Trinajstić information content (AvgIpc) is 2.50. The molecule has 1 rings (SSSR count). The van der Waals surface area contributed by atoms with Crippen molar-refractivity contribution in [1.82, 2.24) is 0 Å². The van der Waals surface area contributed by atoms with Crippen LogP contribution in [-0.2, 0) is 14.5 Å². The Bertz CT molecular complexity index is 628. The monoisotopic (exact) mass is 370 g/mol. The van der Waals surface area contributed by atoms with Crippen molar-refractivity contribution in [2.45, 2.75) is 43.5 Å². The summed E-state index contributed by atoms with van der Waals surface area (Å²) < 4.78 is 59.6. The van der Waals surface area contributed by atoms with Crippen molar-refractivity contribution in [3.63, 3.8) is 0 Å². The molecular weight excluding hydrogens is 349 g/mol. The lowest BCUT2D eigenvalue weighted by Crippen LogP contribution is -2.48. The van der Waals surface area contributed by atoms with Crippen LogP contribution < -0.4 is 5.73 Å². The largest absolute Gasteiger partial charge is 0.480 e. The molecule has 0 bridgehead atoms. The molecule has 1 aliphatic rings. The Balaban J connectivity index is 2.84. The maximum Gasteiger partial charge on any atom is 0.421 e. The molecular formula is C14H21F3N2O4S. The molecule has 0 spiro atoms. The highest BCUT2D eigenvalue weighted by Gasteiger charge is 2.55. The SMILES string of the molecule is N=S(=O)(CC[C@H](N)C(=O)O)CCC(O)(C1=CCCC=C1)C(F)(F)F. The van der Waals surface area contributed by atoms with Crippen LogP contribution in [0.15, 0.2) is 23.8 Å². The van der Waals surface area contributed by atoms with E-state index in [1.165, 1.54) is 18.2 Å². The molecule has 0 fully saturated rings. The number of allylic oxidation sites excluding steroid dienone is 2. The minimum atomic E-state index is -4.98. The van der Waals surface area contributed by atoms with Crippen LogP contribution in [-0.4, -0.2) is 49.7 Å². The van der Waals surface area contributed by atoms with Gasteiger partial charge < -0.3 is 15.9 Å². The van der Waals surface area contributed by atoms with Gasteiger partial charge in [0.05, 0.1) is 0 Å². The third-order valence-corrected chi connectivity index (χ3v) is 5.57. The fourth-order valence-electron chi connectivity index (χ4n) is 2.23. The fraction of sp³-hybridized carbons (Fsp3) is 0.643. The molecule has 0 saturated carbocycles. The summed E-state index contributed by atoms with van der Waals surface area (Å²) in [6.07, 6.45) is -1.30. The van der Waals surface area contributed by atoms with Crippen LogP contribution in [0.5, 0.6) is 0 Å². The van der Waals surface area contributed by atoms with E-state index in [2.05, 4.69) is 0 Å². The normalized spacial score (nSPS) is 21.5. The van der Waals surface area contributed by atoms with Crippen LogP contribution in [0, 0.1) is 4.78 Å².